The second-order valence-electron chi connectivity index (χ2n) is 7.06. The van der Waals surface area contributed by atoms with Crippen LogP contribution in [-0.4, -0.2) is 36.4 Å². The minimum atomic E-state index is -1.00. The first-order chi connectivity index (χ1) is 12.3. The fraction of sp³-hybridized carbons (Fsp3) is 0.368. The van der Waals surface area contributed by atoms with Crippen LogP contribution in [0.4, 0.5) is 0 Å². The zero-order valence-electron chi connectivity index (χ0n) is 15.1. The summed E-state index contributed by atoms with van der Waals surface area (Å²) < 4.78 is 7.30. The predicted molar refractivity (Wildman–Crippen MR) is 97.0 cm³/mol. The molecule has 0 saturated carbocycles. The summed E-state index contributed by atoms with van der Waals surface area (Å²) in [4.78, 5) is 20.2. The average molecular weight is 354 g/mol. The van der Waals surface area contributed by atoms with Gasteiger partial charge < -0.3 is 9.84 Å². The van der Waals surface area contributed by atoms with E-state index in [-0.39, 0.29) is 17.8 Å². The maximum absolute atomic E-state index is 11.5. The molecule has 26 heavy (non-hydrogen) atoms. The molecule has 0 atom stereocenters. The first-order valence-corrected chi connectivity index (χ1v) is 8.46. The molecule has 3 rings (SSSR count). The molecular formula is C19H22N4O3. The highest BCUT2D eigenvalue weighted by Gasteiger charge is 2.18. The van der Waals surface area contributed by atoms with E-state index in [1.54, 1.807) is 17.1 Å². The molecule has 0 spiro atoms. The maximum atomic E-state index is 11.5. The Morgan fingerprint density at radius 1 is 1.27 bits per heavy atom. The topological polar surface area (TPSA) is 90.1 Å². The molecule has 0 aliphatic heterocycles. The molecule has 0 unspecified atom stereocenters. The van der Waals surface area contributed by atoms with Crippen molar-refractivity contribution in [3.05, 3.63) is 53.6 Å². The molecule has 7 heteroatoms. The van der Waals surface area contributed by atoms with Gasteiger partial charge in [-0.2, -0.15) is 5.10 Å². The lowest BCUT2D eigenvalue weighted by atomic mass is 10.2. The number of rotatable bonds is 6. The Bertz CT molecular complexity index is 928. The van der Waals surface area contributed by atoms with Crippen molar-refractivity contribution in [2.75, 3.05) is 0 Å². The van der Waals surface area contributed by atoms with E-state index < -0.39 is 5.97 Å². The molecule has 7 nitrogen and oxygen atoms in total. The predicted octanol–water partition coefficient (Wildman–Crippen LogP) is 3.08. The zero-order chi connectivity index (χ0) is 18.7. The highest BCUT2D eigenvalue weighted by atomic mass is 16.5. The van der Waals surface area contributed by atoms with Crippen LogP contribution in [0.5, 0.6) is 0 Å². The number of aromatic nitrogens is 4. The van der Waals surface area contributed by atoms with E-state index in [0.717, 1.165) is 11.1 Å². The lowest BCUT2D eigenvalue weighted by Crippen LogP contribution is -2.19. The Labute approximate surface area is 151 Å². The molecule has 3 heterocycles. The normalized spacial score (nSPS) is 11.8. The third-order valence-corrected chi connectivity index (χ3v) is 3.83. The van der Waals surface area contributed by atoms with E-state index in [1.807, 2.05) is 45.0 Å². The number of hydrogen-bond donors (Lipinski definition) is 1. The molecule has 0 radical (unpaired) electrons. The molecule has 0 aliphatic carbocycles. The van der Waals surface area contributed by atoms with Crippen LogP contribution in [0, 0.1) is 0 Å². The van der Waals surface area contributed by atoms with Gasteiger partial charge in [-0.1, -0.05) is 0 Å². The van der Waals surface area contributed by atoms with Crippen molar-refractivity contribution in [3.8, 4) is 0 Å². The molecule has 136 valence electrons. The van der Waals surface area contributed by atoms with Gasteiger partial charge in [0.05, 0.1) is 12.2 Å². The minimum Gasteiger partial charge on any atom is -0.478 e. The fourth-order valence-corrected chi connectivity index (χ4v) is 2.51. The number of carboxylic acids is 1. The van der Waals surface area contributed by atoms with Crippen molar-refractivity contribution in [1.82, 2.24) is 19.7 Å². The highest BCUT2D eigenvalue weighted by Crippen LogP contribution is 2.15. The lowest BCUT2D eigenvalue weighted by Gasteiger charge is -2.18. The van der Waals surface area contributed by atoms with Gasteiger partial charge in [-0.25, -0.2) is 14.8 Å². The van der Waals surface area contributed by atoms with Crippen molar-refractivity contribution < 1.29 is 14.6 Å². The van der Waals surface area contributed by atoms with Crippen molar-refractivity contribution in [3.63, 3.8) is 0 Å². The summed E-state index contributed by atoms with van der Waals surface area (Å²) >= 11 is 0. The van der Waals surface area contributed by atoms with Gasteiger partial charge in [0.1, 0.15) is 11.3 Å². The first kappa shape index (κ1) is 18.0. The zero-order valence-corrected chi connectivity index (χ0v) is 15.1. The van der Waals surface area contributed by atoms with Gasteiger partial charge in [0.15, 0.2) is 5.65 Å². The molecule has 1 N–H and O–H groups in total. The smallest absolute Gasteiger partial charge is 0.339 e. The van der Waals surface area contributed by atoms with Gasteiger partial charge in [-0.05, 0) is 45.0 Å². The Balaban J connectivity index is 1.73. The largest absolute Gasteiger partial charge is 0.478 e. The van der Waals surface area contributed by atoms with Crippen molar-refractivity contribution in [2.24, 2.45) is 0 Å². The number of nitrogens with zero attached hydrogens (tertiary/aromatic N) is 4. The number of hydrogen-bond acceptors (Lipinski definition) is 5. The molecule has 0 amide bonds. The van der Waals surface area contributed by atoms with Gasteiger partial charge in [0, 0.05) is 36.4 Å². The van der Waals surface area contributed by atoms with Crippen LogP contribution in [0.2, 0.25) is 0 Å². The molecule has 0 fully saturated rings. The van der Waals surface area contributed by atoms with E-state index in [4.69, 9.17) is 4.74 Å². The third kappa shape index (κ3) is 4.43. The van der Waals surface area contributed by atoms with Crippen LogP contribution in [0.3, 0.4) is 0 Å². The van der Waals surface area contributed by atoms with Gasteiger partial charge in [-0.15, -0.1) is 0 Å². The first-order valence-electron chi connectivity index (χ1n) is 8.46. The molecule has 0 bridgehead atoms. The van der Waals surface area contributed by atoms with Crippen molar-refractivity contribution >= 4 is 17.0 Å². The average Bonchev–Trinajstić information content (AvgIpc) is 3.01. The fourth-order valence-electron chi connectivity index (χ4n) is 2.51. The van der Waals surface area contributed by atoms with E-state index in [0.29, 0.717) is 24.3 Å². The summed E-state index contributed by atoms with van der Waals surface area (Å²) in [7, 11) is 0. The molecule has 3 aromatic heterocycles. The Kier molecular flexibility index (Phi) is 4.99. The molecule has 3 aromatic rings. The Morgan fingerprint density at radius 2 is 2.08 bits per heavy atom. The monoisotopic (exact) mass is 354 g/mol. The summed E-state index contributed by atoms with van der Waals surface area (Å²) in [6, 6.07) is 7.78. The van der Waals surface area contributed by atoms with Gasteiger partial charge in [0.2, 0.25) is 0 Å². The molecule has 0 aliphatic rings. The Hall–Kier alpha value is -2.80. The van der Waals surface area contributed by atoms with Crippen LogP contribution >= 0.6 is 0 Å². The second-order valence-corrected chi connectivity index (χ2v) is 7.06. The molecular weight excluding hydrogens is 332 g/mol. The van der Waals surface area contributed by atoms with Crippen LogP contribution in [-0.2, 0) is 24.3 Å². The Morgan fingerprint density at radius 3 is 2.81 bits per heavy atom. The van der Waals surface area contributed by atoms with Crippen LogP contribution < -0.4 is 0 Å². The number of carbonyl (C=O) groups is 1. The van der Waals surface area contributed by atoms with Gasteiger partial charge >= 0.3 is 5.97 Å². The van der Waals surface area contributed by atoms with E-state index in [2.05, 4.69) is 15.1 Å². The van der Waals surface area contributed by atoms with Crippen molar-refractivity contribution in [2.45, 2.75) is 45.9 Å². The molecule has 0 aromatic carbocycles. The number of carboxylic acid groups (broad SMARTS) is 1. The molecule has 0 saturated heterocycles. The quantitative estimate of drug-likeness (QED) is 0.731. The van der Waals surface area contributed by atoms with E-state index in [1.165, 1.54) is 0 Å². The summed E-state index contributed by atoms with van der Waals surface area (Å²) in [6.07, 6.45) is 3.89. The number of fused-ring (bicyclic) bond motifs is 1. The van der Waals surface area contributed by atoms with E-state index >= 15 is 0 Å². The SMILES string of the molecule is CC(C)(C)OCc1nn(CCc2ccc3cccnc3n2)cc1C(=O)O. The summed E-state index contributed by atoms with van der Waals surface area (Å²) in [5.74, 6) is -1.00. The number of aromatic carboxylic acids is 1. The van der Waals surface area contributed by atoms with Crippen LogP contribution in [0.25, 0.3) is 11.0 Å². The number of aryl methyl sites for hydroxylation is 2. The van der Waals surface area contributed by atoms with E-state index in [9.17, 15) is 9.90 Å². The second kappa shape index (κ2) is 7.21. The maximum Gasteiger partial charge on any atom is 0.339 e. The summed E-state index contributed by atoms with van der Waals surface area (Å²) in [5, 5.41) is 14.8. The minimum absolute atomic E-state index is 0.163. The highest BCUT2D eigenvalue weighted by molar-refractivity contribution is 5.88. The van der Waals surface area contributed by atoms with Crippen LogP contribution in [0.15, 0.2) is 36.7 Å². The summed E-state index contributed by atoms with van der Waals surface area (Å²) in [5.41, 5.74) is 1.83. The van der Waals surface area contributed by atoms with Crippen LogP contribution in [0.1, 0.15) is 42.5 Å². The summed E-state index contributed by atoms with van der Waals surface area (Å²) in [6.45, 7) is 6.45. The standard InChI is InChI=1S/C19H22N4O3/c1-19(2,3)26-12-16-15(18(24)25)11-23(22-16)10-8-14-7-6-13-5-4-9-20-17(13)21-14/h4-7,9,11H,8,10,12H2,1-3H3,(H,24,25). The van der Waals surface area contributed by atoms with Gasteiger partial charge in [0.25, 0.3) is 0 Å². The lowest BCUT2D eigenvalue weighted by molar-refractivity contribution is -0.0171. The number of ether oxygens (including phenoxy) is 1. The number of pyridine rings is 2. The van der Waals surface area contributed by atoms with Gasteiger partial charge in [-0.3, -0.25) is 4.68 Å². The third-order valence-electron chi connectivity index (χ3n) is 3.83. The van der Waals surface area contributed by atoms with Crippen molar-refractivity contribution in [1.29, 1.82) is 0 Å².